The van der Waals surface area contributed by atoms with Crippen LogP contribution in [0.15, 0.2) is 69.4 Å². The van der Waals surface area contributed by atoms with Crippen LogP contribution in [-0.2, 0) is 0 Å². The first-order valence-corrected chi connectivity index (χ1v) is 9.42. The summed E-state index contributed by atoms with van der Waals surface area (Å²) in [5.74, 6) is 1.62. The number of rotatable bonds is 4. The number of methoxy groups -OCH3 is 1. The van der Waals surface area contributed by atoms with E-state index in [1.807, 2.05) is 42.5 Å². The van der Waals surface area contributed by atoms with Gasteiger partial charge in [0.25, 0.3) is 0 Å². The Labute approximate surface area is 156 Å². The van der Waals surface area contributed by atoms with Crippen molar-refractivity contribution in [2.45, 2.75) is 19.9 Å². The Balaban J connectivity index is 1.89. The maximum absolute atomic E-state index is 6.07. The van der Waals surface area contributed by atoms with E-state index < -0.39 is 0 Å². The summed E-state index contributed by atoms with van der Waals surface area (Å²) in [5, 5.41) is 3.21. The molecule has 0 N–H and O–H groups in total. The van der Waals surface area contributed by atoms with Gasteiger partial charge in [0, 0.05) is 16.8 Å². The quantitative estimate of drug-likeness (QED) is 0.460. The van der Waals surface area contributed by atoms with Gasteiger partial charge in [-0.1, -0.05) is 30.3 Å². The van der Waals surface area contributed by atoms with Crippen LogP contribution >= 0.6 is 11.3 Å². The Kier molecular flexibility index (Phi) is 4.39. The van der Waals surface area contributed by atoms with Crippen molar-refractivity contribution in [2.24, 2.45) is 4.99 Å². The molecule has 0 spiro atoms. The van der Waals surface area contributed by atoms with Gasteiger partial charge >= 0.3 is 0 Å². The molecule has 4 rings (SSSR count). The predicted octanol–water partition coefficient (Wildman–Crippen LogP) is 5.78. The Bertz CT molecular complexity index is 1090. The first kappa shape index (κ1) is 16.7. The molecule has 2 aromatic heterocycles. The van der Waals surface area contributed by atoms with Crippen LogP contribution < -0.4 is 9.54 Å². The molecule has 0 saturated heterocycles. The maximum atomic E-state index is 6.07. The van der Waals surface area contributed by atoms with Crippen LogP contribution in [0.2, 0.25) is 0 Å². The minimum Gasteiger partial charge on any atom is -0.494 e. The normalized spacial score (nSPS) is 12.2. The highest BCUT2D eigenvalue weighted by Crippen LogP contribution is 2.31. The van der Waals surface area contributed by atoms with Crippen molar-refractivity contribution in [1.29, 1.82) is 0 Å². The summed E-state index contributed by atoms with van der Waals surface area (Å²) >= 11 is 1.60. The van der Waals surface area contributed by atoms with Gasteiger partial charge in [-0.15, -0.1) is 11.3 Å². The van der Waals surface area contributed by atoms with E-state index in [0.717, 1.165) is 38.7 Å². The second-order valence-electron chi connectivity index (χ2n) is 6.30. The average Bonchev–Trinajstić information content (AvgIpc) is 3.25. The molecule has 26 heavy (non-hydrogen) atoms. The standard InChI is InChI=1S/C21H20N2O2S/c1-14(2)23-17(20-12-15-8-4-6-10-18(15)25-20)13-26-21(23)22-16-9-5-7-11-19(16)24-3/h4-14H,1-3H3. The molecule has 2 heterocycles. The fourth-order valence-electron chi connectivity index (χ4n) is 3.01. The molecule has 0 fully saturated rings. The maximum Gasteiger partial charge on any atom is 0.190 e. The van der Waals surface area contributed by atoms with Crippen LogP contribution in [-0.4, -0.2) is 11.7 Å². The Hall–Kier alpha value is -2.79. The van der Waals surface area contributed by atoms with Crippen LogP contribution in [0, 0.1) is 0 Å². The number of hydrogen-bond acceptors (Lipinski definition) is 4. The molecule has 4 nitrogen and oxygen atoms in total. The van der Waals surface area contributed by atoms with Gasteiger partial charge in [0.05, 0.1) is 12.8 Å². The number of thiazole rings is 1. The zero-order valence-corrected chi connectivity index (χ0v) is 15.8. The van der Waals surface area contributed by atoms with Crippen molar-refractivity contribution in [3.63, 3.8) is 0 Å². The average molecular weight is 364 g/mol. The fraction of sp³-hybridized carbons (Fsp3) is 0.190. The molecule has 0 aliphatic heterocycles. The molecule has 4 aromatic rings. The lowest BCUT2D eigenvalue weighted by molar-refractivity contribution is 0.416. The number of fused-ring (bicyclic) bond motifs is 1. The molecule has 0 aliphatic rings. The number of nitrogens with zero attached hydrogens (tertiary/aromatic N) is 2. The van der Waals surface area contributed by atoms with Gasteiger partial charge in [0.2, 0.25) is 0 Å². The summed E-state index contributed by atoms with van der Waals surface area (Å²) in [6.07, 6.45) is 0. The largest absolute Gasteiger partial charge is 0.494 e. The molecule has 0 radical (unpaired) electrons. The third-order valence-corrected chi connectivity index (χ3v) is 5.08. The van der Waals surface area contributed by atoms with Crippen molar-refractivity contribution in [3.8, 4) is 17.2 Å². The fourth-order valence-corrected chi connectivity index (χ4v) is 4.04. The van der Waals surface area contributed by atoms with Gasteiger partial charge in [-0.2, -0.15) is 0 Å². The van der Waals surface area contributed by atoms with Crippen LogP contribution in [0.25, 0.3) is 22.4 Å². The molecule has 0 atom stereocenters. The monoisotopic (exact) mass is 364 g/mol. The Morgan fingerprint density at radius 1 is 1.08 bits per heavy atom. The zero-order chi connectivity index (χ0) is 18.1. The Morgan fingerprint density at radius 3 is 2.62 bits per heavy atom. The van der Waals surface area contributed by atoms with E-state index in [1.54, 1.807) is 18.4 Å². The minimum atomic E-state index is 0.248. The van der Waals surface area contributed by atoms with Crippen molar-refractivity contribution >= 4 is 28.0 Å². The molecule has 0 bridgehead atoms. The second-order valence-corrected chi connectivity index (χ2v) is 7.14. The topological polar surface area (TPSA) is 39.7 Å². The van der Waals surface area contributed by atoms with E-state index in [0.29, 0.717) is 0 Å². The predicted molar refractivity (Wildman–Crippen MR) is 106 cm³/mol. The third-order valence-electron chi connectivity index (χ3n) is 4.24. The molecular formula is C21H20N2O2S. The summed E-state index contributed by atoms with van der Waals surface area (Å²) in [6.45, 7) is 4.31. The van der Waals surface area contributed by atoms with E-state index in [4.69, 9.17) is 14.1 Å². The number of para-hydroxylation sites is 3. The first-order chi connectivity index (χ1) is 12.7. The molecule has 0 aliphatic carbocycles. The lowest BCUT2D eigenvalue weighted by Crippen LogP contribution is -2.17. The van der Waals surface area contributed by atoms with Crippen molar-refractivity contribution in [1.82, 2.24) is 4.57 Å². The third kappa shape index (κ3) is 2.95. The first-order valence-electron chi connectivity index (χ1n) is 8.54. The summed E-state index contributed by atoms with van der Waals surface area (Å²) in [4.78, 5) is 5.76. The number of furan rings is 1. The highest BCUT2D eigenvalue weighted by molar-refractivity contribution is 7.07. The van der Waals surface area contributed by atoms with Gasteiger partial charge in [0.15, 0.2) is 10.6 Å². The van der Waals surface area contributed by atoms with E-state index >= 15 is 0 Å². The van der Waals surface area contributed by atoms with Crippen LogP contribution in [0.5, 0.6) is 5.75 Å². The molecule has 2 aromatic carbocycles. The van der Waals surface area contributed by atoms with Crippen LogP contribution in [0.1, 0.15) is 19.9 Å². The highest BCUT2D eigenvalue weighted by Gasteiger charge is 2.15. The van der Waals surface area contributed by atoms with E-state index in [9.17, 15) is 0 Å². The molecule has 0 amide bonds. The Morgan fingerprint density at radius 2 is 1.85 bits per heavy atom. The number of ether oxygens (including phenoxy) is 1. The second kappa shape index (κ2) is 6.84. The molecule has 0 unspecified atom stereocenters. The summed E-state index contributed by atoms with van der Waals surface area (Å²) < 4.78 is 13.7. The molecule has 0 saturated carbocycles. The van der Waals surface area contributed by atoms with Crippen molar-refractivity contribution < 1.29 is 9.15 Å². The van der Waals surface area contributed by atoms with Crippen LogP contribution in [0.4, 0.5) is 5.69 Å². The van der Waals surface area contributed by atoms with Gasteiger partial charge in [-0.25, -0.2) is 4.99 Å². The number of hydrogen-bond donors (Lipinski definition) is 0. The molecule has 5 heteroatoms. The van der Waals surface area contributed by atoms with E-state index in [2.05, 4.69) is 35.9 Å². The van der Waals surface area contributed by atoms with Gasteiger partial charge in [-0.3, -0.25) is 0 Å². The van der Waals surface area contributed by atoms with Crippen LogP contribution in [0.3, 0.4) is 0 Å². The zero-order valence-electron chi connectivity index (χ0n) is 15.0. The lowest BCUT2D eigenvalue weighted by atomic mass is 10.2. The summed E-state index contributed by atoms with van der Waals surface area (Å²) in [5.41, 5.74) is 2.75. The van der Waals surface area contributed by atoms with Gasteiger partial charge < -0.3 is 13.7 Å². The summed E-state index contributed by atoms with van der Waals surface area (Å²) in [7, 11) is 1.67. The van der Waals surface area contributed by atoms with E-state index in [1.165, 1.54) is 0 Å². The SMILES string of the molecule is COc1ccccc1N=c1scc(-c2cc3ccccc3o2)n1C(C)C. The molecule has 132 valence electrons. The smallest absolute Gasteiger partial charge is 0.190 e. The van der Waals surface area contributed by atoms with Crippen molar-refractivity contribution in [2.75, 3.05) is 7.11 Å². The lowest BCUT2D eigenvalue weighted by Gasteiger charge is -2.11. The van der Waals surface area contributed by atoms with E-state index in [-0.39, 0.29) is 6.04 Å². The number of benzene rings is 2. The van der Waals surface area contributed by atoms with Gasteiger partial charge in [-0.05, 0) is 38.1 Å². The molecular weight excluding hydrogens is 344 g/mol. The number of aromatic nitrogens is 1. The summed E-state index contributed by atoms with van der Waals surface area (Å²) in [6, 6.07) is 18.2. The van der Waals surface area contributed by atoms with Crippen molar-refractivity contribution in [3.05, 3.63) is 64.8 Å². The van der Waals surface area contributed by atoms with Gasteiger partial charge in [0.1, 0.15) is 17.0 Å². The highest BCUT2D eigenvalue weighted by atomic mass is 32.1. The minimum absolute atomic E-state index is 0.248.